The fourth-order valence-corrected chi connectivity index (χ4v) is 7.53. The molecule has 0 atom stereocenters. The third-order valence-electron chi connectivity index (χ3n) is 10.6. The maximum absolute atomic E-state index is 2.35. The van der Waals surface area contributed by atoms with E-state index in [2.05, 4.69) is 55.4 Å². The summed E-state index contributed by atoms with van der Waals surface area (Å²) in [5.41, 5.74) is 0. The van der Waals surface area contributed by atoms with Crippen LogP contribution in [0.1, 0.15) is 209 Å². The Morgan fingerprint density at radius 3 is 0.667 bits per heavy atom. The van der Waals surface area contributed by atoms with Gasteiger partial charge in [0.15, 0.2) is 0 Å². The fourth-order valence-electron chi connectivity index (χ4n) is 7.53. The van der Waals surface area contributed by atoms with Crippen molar-refractivity contribution in [3.05, 3.63) is 0 Å². The fraction of sp³-hybridized carbons (Fsp3) is 1.00. The molecule has 0 unspecified atom stereocenters. The Kier molecular flexibility index (Phi) is 35.6. The standard InChI is InChI=1S/C24H52B.C16H36N/c1-5-9-13-17-21-25(22-18-14-10-6-2,23-19-15-11-7-3)24-20-16-12-8-4;1-5-9-13-17(14-10-6-2,15-11-7-3)16-12-8-4/h5-24H2,1-4H3;5-16H2,1-4H3/q-1;+1. The topological polar surface area (TPSA) is 0 Å². The van der Waals surface area contributed by atoms with Crippen LogP contribution in [0.2, 0.25) is 25.3 Å². The molecule has 42 heavy (non-hydrogen) atoms. The summed E-state index contributed by atoms with van der Waals surface area (Å²) < 4.78 is 1.42. The van der Waals surface area contributed by atoms with Crippen LogP contribution < -0.4 is 0 Å². The van der Waals surface area contributed by atoms with Crippen LogP contribution in [0.25, 0.3) is 0 Å². The zero-order chi connectivity index (χ0) is 31.6. The Bertz CT molecular complexity index is 399. The van der Waals surface area contributed by atoms with Gasteiger partial charge in [-0.1, -0.05) is 184 Å². The highest BCUT2D eigenvalue weighted by Crippen LogP contribution is 2.35. The first-order valence-corrected chi connectivity index (χ1v) is 20.6. The van der Waals surface area contributed by atoms with Crippen LogP contribution in [0.5, 0.6) is 0 Å². The zero-order valence-electron chi connectivity index (χ0n) is 31.7. The van der Waals surface area contributed by atoms with Crippen molar-refractivity contribution in [1.82, 2.24) is 0 Å². The number of hydrogen-bond acceptors (Lipinski definition) is 0. The molecule has 0 aliphatic rings. The van der Waals surface area contributed by atoms with Crippen LogP contribution in [0.3, 0.4) is 0 Å². The normalized spacial score (nSPS) is 12.0. The van der Waals surface area contributed by atoms with E-state index in [0.717, 1.165) is 0 Å². The number of rotatable bonds is 32. The second-order valence-electron chi connectivity index (χ2n) is 14.8. The van der Waals surface area contributed by atoms with Gasteiger partial charge in [0, 0.05) is 6.15 Å². The van der Waals surface area contributed by atoms with Crippen molar-refractivity contribution >= 4 is 6.15 Å². The van der Waals surface area contributed by atoms with E-state index in [0.29, 0.717) is 0 Å². The lowest BCUT2D eigenvalue weighted by molar-refractivity contribution is -0.929. The van der Waals surface area contributed by atoms with Crippen LogP contribution >= 0.6 is 0 Å². The minimum Gasteiger partial charge on any atom is -0.324 e. The molecule has 0 rings (SSSR count). The maximum Gasteiger partial charge on any atom is 0.0786 e. The lowest BCUT2D eigenvalue weighted by Crippen LogP contribution is -2.50. The van der Waals surface area contributed by atoms with Crippen molar-refractivity contribution in [2.24, 2.45) is 0 Å². The van der Waals surface area contributed by atoms with Gasteiger partial charge in [0.2, 0.25) is 0 Å². The highest BCUT2D eigenvalue weighted by atomic mass is 15.3. The minimum atomic E-state index is -0.0644. The molecule has 2 heteroatoms. The molecular weight excluding hydrogens is 505 g/mol. The molecule has 256 valence electrons. The molecule has 0 aliphatic heterocycles. The Morgan fingerprint density at radius 2 is 0.476 bits per heavy atom. The van der Waals surface area contributed by atoms with Crippen LogP contribution in [0.4, 0.5) is 0 Å². The van der Waals surface area contributed by atoms with Gasteiger partial charge in [-0.25, -0.2) is 0 Å². The van der Waals surface area contributed by atoms with Crippen molar-refractivity contribution in [3.63, 3.8) is 0 Å². The first kappa shape index (κ1) is 44.2. The molecule has 1 nitrogen and oxygen atoms in total. The van der Waals surface area contributed by atoms with Gasteiger partial charge in [0.05, 0.1) is 26.2 Å². The molecule has 0 aromatic carbocycles. The van der Waals surface area contributed by atoms with E-state index >= 15 is 0 Å². The number of unbranched alkanes of at least 4 members (excludes halogenated alkanes) is 16. The van der Waals surface area contributed by atoms with E-state index in [9.17, 15) is 0 Å². The molecule has 0 spiro atoms. The van der Waals surface area contributed by atoms with E-state index in [-0.39, 0.29) is 6.15 Å². The van der Waals surface area contributed by atoms with E-state index < -0.39 is 0 Å². The van der Waals surface area contributed by atoms with E-state index in [1.165, 1.54) is 185 Å². The van der Waals surface area contributed by atoms with Crippen LogP contribution in [0, 0.1) is 0 Å². The third-order valence-corrected chi connectivity index (χ3v) is 10.6. The van der Waals surface area contributed by atoms with E-state index in [1.807, 2.05) is 0 Å². The number of hydrogen-bond donors (Lipinski definition) is 0. The molecule has 0 saturated carbocycles. The molecular formula is C40H88BN. The molecule has 0 amide bonds. The first-order chi connectivity index (χ1) is 20.5. The molecule has 0 N–H and O–H groups in total. The molecule has 0 aromatic heterocycles. The van der Waals surface area contributed by atoms with Gasteiger partial charge in [-0.15, -0.1) is 0 Å². The van der Waals surface area contributed by atoms with Crippen LogP contribution in [-0.4, -0.2) is 36.8 Å². The Balaban J connectivity index is 0. The number of nitrogens with zero attached hydrogens (tertiary/aromatic N) is 1. The van der Waals surface area contributed by atoms with E-state index in [4.69, 9.17) is 0 Å². The first-order valence-electron chi connectivity index (χ1n) is 20.6. The highest BCUT2D eigenvalue weighted by molar-refractivity contribution is 6.79. The third kappa shape index (κ3) is 26.4. The Hall–Kier alpha value is 0.0249. The predicted octanol–water partition coefficient (Wildman–Crippen LogP) is 14.8. The molecule has 0 bridgehead atoms. The molecule has 0 aromatic rings. The average Bonchev–Trinajstić information content (AvgIpc) is 3.01. The quantitative estimate of drug-likeness (QED) is 0.0413. The van der Waals surface area contributed by atoms with Gasteiger partial charge in [0.25, 0.3) is 0 Å². The Morgan fingerprint density at radius 1 is 0.262 bits per heavy atom. The SMILES string of the molecule is CCCCCC[B-](CCCCCC)(CCCCCC)CCCCCC.CCCC[N+](CCCC)(CCCC)CCCC. The van der Waals surface area contributed by atoms with Gasteiger partial charge in [-0.2, -0.15) is 25.3 Å². The summed E-state index contributed by atoms with van der Waals surface area (Å²) in [5.74, 6) is 0. The van der Waals surface area contributed by atoms with Gasteiger partial charge >= 0.3 is 0 Å². The summed E-state index contributed by atoms with van der Waals surface area (Å²) in [6.45, 7) is 24.4. The van der Waals surface area contributed by atoms with Gasteiger partial charge in [0.1, 0.15) is 0 Å². The maximum atomic E-state index is 2.35. The predicted molar refractivity (Wildman–Crippen MR) is 201 cm³/mol. The molecule has 0 aliphatic carbocycles. The summed E-state index contributed by atoms with van der Waals surface area (Å²) in [5, 5.41) is 0. The van der Waals surface area contributed by atoms with Crippen molar-refractivity contribution < 1.29 is 4.48 Å². The van der Waals surface area contributed by atoms with Crippen molar-refractivity contribution in [1.29, 1.82) is 0 Å². The second-order valence-corrected chi connectivity index (χ2v) is 14.8. The summed E-state index contributed by atoms with van der Waals surface area (Å²) >= 11 is 0. The summed E-state index contributed by atoms with van der Waals surface area (Å²) in [7, 11) is 0. The smallest absolute Gasteiger partial charge is 0.0786 e. The highest BCUT2D eigenvalue weighted by Gasteiger charge is 2.25. The number of quaternary nitrogens is 1. The largest absolute Gasteiger partial charge is 0.324 e. The molecule has 0 heterocycles. The second kappa shape index (κ2) is 33.9. The van der Waals surface area contributed by atoms with Gasteiger partial charge in [-0.05, 0) is 25.7 Å². The summed E-state index contributed by atoms with van der Waals surface area (Å²) in [6, 6.07) is 0. The summed E-state index contributed by atoms with van der Waals surface area (Å²) in [4.78, 5) is 0. The average molecular weight is 594 g/mol. The van der Waals surface area contributed by atoms with Gasteiger partial charge in [-0.3, -0.25) is 0 Å². The molecule has 0 fully saturated rings. The minimum absolute atomic E-state index is 0.0644. The zero-order valence-corrected chi connectivity index (χ0v) is 31.7. The van der Waals surface area contributed by atoms with Crippen molar-refractivity contribution in [2.45, 2.75) is 235 Å². The van der Waals surface area contributed by atoms with E-state index in [1.54, 1.807) is 25.3 Å². The molecule has 0 radical (unpaired) electrons. The lowest BCUT2D eigenvalue weighted by atomic mass is 9.17. The van der Waals surface area contributed by atoms with Crippen molar-refractivity contribution in [2.75, 3.05) is 26.2 Å². The van der Waals surface area contributed by atoms with Crippen LogP contribution in [0.15, 0.2) is 0 Å². The lowest BCUT2D eigenvalue weighted by Gasteiger charge is -2.40. The Labute approximate surface area is 271 Å². The molecule has 0 saturated heterocycles. The monoisotopic (exact) mass is 594 g/mol. The summed E-state index contributed by atoms with van der Waals surface area (Å²) in [6.07, 6.45) is 40.7. The van der Waals surface area contributed by atoms with Crippen molar-refractivity contribution in [3.8, 4) is 0 Å². The van der Waals surface area contributed by atoms with Gasteiger partial charge < -0.3 is 4.48 Å². The van der Waals surface area contributed by atoms with Crippen LogP contribution in [-0.2, 0) is 0 Å².